The van der Waals surface area contributed by atoms with Gasteiger partial charge in [0, 0.05) is 23.3 Å². The summed E-state index contributed by atoms with van der Waals surface area (Å²) in [6.45, 7) is 3.69. The molecule has 3 rings (SSSR count). The molecule has 1 aromatic carbocycles. The van der Waals surface area contributed by atoms with Gasteiger partial charge in [0.05, 0.1) is 17.1 Å². The number of aromatic nitrogens is 2. The molecule has 0 unspecified atom stereocenters. The minimum Gasteiger partial charge on any atom is -0.395 e. The first kappa shape index (κ1) is 23.1. The van der Waals surface area contributed by atoms with Crippen LogP contribution in [0.1, 0.15) is 25.2 Å². The van der Waals surface area contributed by atoms with Gasteiger partial charge >= 0.3 is 6.18 Å². The van der Waals surface area contributed by atoms with E-state index in [0.717, 1.165) is 18.3 Å². The minimum absolute atomic E-state index is 0.157. The number of hydrogen-bond donors (Lipinski definition) is 1. The molecular formula is C23H19F5N4. The van der Waals surface area contributed by atoms with E-state index < -0.39 is 28.9 Å². The molecule has 0 aliphatic heterocycles. The Labute approximate surface area is 181 Å². The Morgan fingerprint density at radius 3 is 2.25 bits per heavy atom. The third-order valence-corrected chi connectivity index (χ3v) is 4.76. The predicted molar refractivity (Wildman–Crippen MR) is 112 cm³/mol. The maximum atomic E-state index is 14.2. The summed E-state index contributed by atoms with van der Waals surface area (Å²) in [5, 5.41) is 0. The normalized spacial score (nSPS) is 13.0. The highest BCUT2D eigenvalue weighted by Crippen LogP contribution is 2.32. The summed E-state index contributed by atoms with van der Waals surface area (Å²) < 4.78 is 64.8. The standard InChI is InChI=1S/C23H19F5N4/c1-22(2,19-6-3-5-17(31-19)15-10-9-14(24)13-16(15)25)20-7-4-8-21(32-20)30-12-11-18(29)23(26,27)28/h3-13H,29H2,1-2H3. The van der Waals surface area contributed by atoms with Gasteiger partial charge in [-0.25, -0.2) is 18.8 Å². The van der Waals surface area contributed by atoms with Crippen LogP contribution in [-0.4, -0.2) is 22.4 Å². The van der Waals surface area contributed by atoms with Crippen molar-refractivity contribution < 1.29 is 22.0 Å². The predicted octanol–water partition coefficient (Wildman–Crippen LogP) is 5.85. The first-order valence-electron chi connectivity index (χ1n) is 9.46. The Morgan fingerprint density at radius 2 is 1.59 bits per heavy atom. The van der Waals surface area contributed by atoms with Crippen LogP contribution in [0.2, 0.25) is 0 Å². The van der Waals surface area contributed by atoms with E-state index in [9.17, 15) is 22.0 Å². The van der Waals surface area contributed by atoms with Crippen molar-refractivity contribution in [1.82, 2.24) is 9.97 Å². The van der Waals surface area contributed by atoms with E-state index in [4.69, 9.17) is 5.73 Å². The summed E-state index contributed by atoms with van der Waals surface area (Å²) in [7, 11) is 0. The Hall–Kier alpha value is -3.62. The first-order chi connectivity index (χ1) is 15.0. The molecule has 2 N–H and O–H groups in total. The monoisotopic (exact) mass is 446 g/mol. The number of pyridine rings is 2. The van der Waals surface area contributed by atoms with Crippen LogP contribution < -0.4 is 5.73 Å². The number of alkyl halides is 3. The molecule has 0 radical (unpaired) electrons. The Kier molecular flexibility index (Phi) is 6.38. The van der Waals surface area contributed by atoms with Crippen LogP contribution in [0, 0.1) is 11.6 Å². The van der Waals surface area contributed by atoms with E-state index in [-0.39, 0.29) is 11.4 Å². The molecule has 0 atom stereocenters. The molecule has 0 amide bonds. The molecule has 4 nitrogen and oxygen atoms in total. The maximum absolute atomic E-state index is 14.2. The van der Waals surface area contributed by atoms with Crippen molar-refractivity contribution in [2.45, 2.75) is 25.4 Å². The molecule has 3 aromatic rings. The quantitative estimate of drug-likeness (QED) is 0.395. The molecule has 0 spiro atoms. The summed E-state index contributed by atoms with van der Waals surface area (Å²) in [6, 6.07) is 13.2. The van der Waals surface area contributed by atoms with Gasteiger partial charge in [-0.15, -0.1) is 0 Å². The summed E-state index contributed by atoms with van der Waals surface area (Å²) >= 11 is 0. The molecule has 2 aromatic heterocycles. The molecule has 0 bridgehead atoms. The summed E-state index contributed by atoms with van der Waals surface area (Å²) in [5.41, 5.74) is 4.51. The van der Waals surface area contributed by atoms with E-state index in [0.29, 0.717) is 23.2 Å². The van der Waals surface area contributed by atoms with Gasteiger partial charge in [-0.05, 0) is 56.3 Å². The topological polar surface area (TPSA) is 64.2 Å². The maximum Gasteiger partial charge on any atom is 0.430 e. The van der Waals surface area contributed by atoms with Crippen LogP contribution in [0.5, 0.6) is 0 Å². The molecule has 0 aliphatic carbocycles. The van der Waals surface area contributed by atoms with E-state index in [2.05, 4.69) is 15.0 Å². The van der Waals surface area contributed by atoms with Crippen LogP contribution >= 0.6 is 0 Å². The number of benzene rings is 1. The lowest BCUT2D eigenvalue weighted by Gasteiger charge is -2.24. The third kappa shape index (κ3) is 5.16. The van der Waals surface area contributed by atoms with Gasteiger partial charge in [-0.3, -0.25) is 4.98 Å². The first-order valence-corrected chi connectivity index (χ1v) is 9.46. The smallest absolute Gasteiger partial charge is 0.395 e. The largest absolute Gasteiger partial charge is 0.430 e. The minimum atomic E-state index is -4.63. The Morgan fingerprint density at radius 1 is 0.938 bits per heavy atom. The van der Waals surface area contributed by atoms with Gasteiger partial charge in [-0.2, -0.15) is 13.2 Å². The van der Waals surface area contributed by atoms with Gasteiger partial charge < -0.3 is 5.73 Å². The average Bonchev–Trinajstić information content (AvgIpc) is 2.73. The Balaban J connectivity index is 1.93. The van der Waals surface area contributed by atoms with Gasteiger partial charge in [0.15, 0.2) is 5.82 Å². The van der Waals surface area contributed by atoms with Gasteiger partial charge in [0.25, 0.3) is 0 Å². The second-order valence-corrected chi connectivity index (χ2v) is 7.44. The molecule has 0 fully saturated rings. The van der Waals surface area contributed by atoms with E-state index in [1.54, 1.807) is 30.3 Å². The van der Waals surface area contributed by atoms with Crippen molar-refractivity contribution in [3.05, 3.63) is 89.4 Å². The lowest BCUT2D eigenvalue weighted by atomic mass is 9.84. The number of rotatable bonds is 5. The zero-order valence-electron chi connectivity index (χ0n) is 17.2. The van der Waals surface area contributed by atoms with Crippen LogP contribution in [0.4, 0.5) is 27.8 Å². The van der Waals surface area contributed by atoms with E-state index in [1.165, 1.54) is 12.1 Å². The van der Waals surface area contributed by atoms with E-state index >= 15 is 0 Å². The highest BCUT2D eigenvalue weighted by atomic mass is 19.4. The number of hydrogen-bond acceptors (Lipinski definition) is 4. The van der Waals surface area contributed by atoms with E-state index in [1.807, 2.05) is 13.8 Å². The van der Waals surface area contributed by atoms with Crippen molar-refractivity contribution in [3.8, 4) is 11.3 Å². The molecule has 2 heterocycles. The molecule has 166 valence electrons. The van der Waals surface area contributed by atoms with Gasteiger partial charge in [0.2, 0.25) is 0 Å². The zero-order chi connectivity index (χ0) is 23.5. The average molecular weight is 446 g/mol. The van der Waals surface area contributed by atoms with Crippen molar-refractivity contribution in [2.24, 2.45) is 10.7 Å². The number of nitrogens with zero attached hydrogens (tertiary/aromatic N) is 3. The molecule has 32 heavy (non-hydrogen) atoms. The number of aliphatic imine (C=N–C) groups is 1. The number of allylic oxidation sites excluding steroid dienone is 2. The van der Waals surface area contributed by atoms with Crippen molar-refractivity contribution >= 4 is 12.0 Å². The number of halogens is 5. The van der Waals surface area contributed by atoms with Gasteiger partial charge in [-0.1, -0.05) is 12.1 Å². The molecule has 0 saturated carbocycles. The van der Waals surface area contributed by atoms with Gasteiger partial charge in [0.1, 0.15) is 17.3 Å². The van der Waals surface area contributed by atoms with Crippen LogP contribution in [0.15, 0.2) is 71.4 Å². The van der Waals surface area contributed by atoms with Crippen molar-refractivity contribution in [3.63, 3.8) is 0 Å². The second-order valence-electron chi connectivity index (χ2n) is 7.44. The van der Waals surface area contributed by atoms with Crippen molar-refractivity contribution in [2.75, 3.05) is 0 Å². The molecule has 0 aliphatic rings. The molecular weight excluding hydrogens is 427 g/mol. The lowest BCUT2D eigenvalue weighted by Crippen LogP contribution is -2.22. The summed E-state index contributed by atoms with van der Waals surface area (Å²) in [6.07, 6.45) is -3.05. The fraction of sp³-hybridized carbons (Fsp3) is 0.174. The molecule has 9 heteroatoms. The van der Waals surface area contributed by atoms with Crippen LogP contribution in [0.25, 0.3) is 11.3 Å². The molecule has 0 saturated heterocycles. The Bertz CT molecular complexity index is 1180. The zero-order valence-corrected chi connectivity index (χ0v) is 17.2. The second kappa shape index (κ2) is 8.86. The fourth-order valence-corrected chi connectivity index (χ4v) is 2.89. The summed E-state index contributed by atoms with van der Waals surface area (Å²) in [4.78, 5) is 12.8. The SMILES string of the molecule is CC(C)(c1cccc(N=CC=C(N)C(F)(F)F)n1)c1cccc(-c2ccc(F)cc2F)n1. The highest BCUT2D eigenvalue weighted by molar-refractivity contribution is 5.74. The van der Waals surface area contributed by atoms with Crippen LogP contribution in [0.3, 0.4) is 0 Å². The lowest BCUT2D eigenvalue weighted by molar-refractivity contribution is -0.0925. The van der Waals surface area contributed by atoms with Crippen LogP contribution in [-0.2, 0) is 5.41 Å². The third-order valence-electron chi connectivity index (χ3n) is 4.76. The van der Waals surface area contributed by atoms with Crippen molar-refractivity contribution in [1.29, 1.82) is 0 Å². The summed E-state index contributed by atoms with van der Waals surface area (Å²) in [5.74, 6) is -1.23. The number of nitrogens with two attached hydrogens (primary N) is 1. The highest BCUT2D eigenvalue weighted by Gasteiger charge is 2.31. The fourth-order valence-electron chi connectivity index (χ4n) is 2.89.